The number of rotatable bonds is 4. The van der Waals surface area contributed by atoms with E-state index in [9.17, 15) is 23.6 Å². The fourth-order valence-corrected chi connectivity index (χ4v) is 4.06. The van der Waals surface area contributed by atoms with E-state index in [-0.39, 0.29) is 42.7 Å². The molecule has 2 aromatic carbocycles. The van der Waals surface area contributed by atoms with Crippen molar-refractivity contribution < 1.29 is 23.6 Å². The van der Waals surface area contributed by atoms with Crippen LogP contribution >= 0.6 is 0 Å². The Morgan fingerprint density at radius 2 is 1.88 bits per heavy atom. The Balaban J connectivity index is 1.30. The fraction of sp³-hybridized carbons (Fsp3) is 0.174. The number of H-pyrrole nitrogens is 1. The highest BCUT2D eigenvalue weighted by Gasteiger charge is 2.39. The van der Waals surface area contributed by atoms with Gasteiger partial charge < -0.3 is 10.2 Å². The maximum Gasteiger partial charge on any atom is 0.273 e. The lowest BCUT2D eigenvalue weighted by atomic mass is 10.0. The summed E-state index contributed by atoms with van der Waals surface area (Å²) in [6, 6.07) is 11.5. The van der Waals surface area contributed by atoms with Crippen molar-refractivity contribution in [3.8, 4) is 11.3 Å². The minimum atomic E-state index is -0.699. The number of anilines is 1. The van der Waals surface area contributed by atoms with Gasteiger partial charge in [0.25, 0.3) is 11.8 Å². The van der Waals surface area contributed by atoms with Crippen LogP contribution < -0.4 is 10.6 Å². The fourth-order valence-electron chi connectivity index (χ4n) is 4.06. The molecule has 3 aromatic rings. The van der Waals surface area contributed by atoms with Crippen LogP contribution in [0.3, 0.4) is 0 Å². The summed E-state index contributed by atoms with van der Waals surface area (Å²) in [6.07, 6.45) is 0.464. The highest BCUT2D eigenvalue weighted by Crippen LogP contribution is 2.29. The predicted octanol–water partition coefficient (Wildman–Crippen LogP) is 2.23. The summed E-state index contributed by atoms with van der Waals surface area (Å²) in [7, 11) is 0. The second-order valence-corrected chi connectivity index (χ2v) is 7.90. The van der Waals surface area contributed by atoms with Crippen molar-refractivity contribution in [2.45, 2.75) is 25.4 Å². The minimum Gasteiger partial charge on any atom is -0.322 e. The number of halogens is 1. The molecule has 166 valence electrons. The van der Waals surface area contributed by atoms with E-state index < -0.39 is 17.9 Å². The van der Waals surface area contributed by atoms with Crippen LogP contribution in [0.25, 0.3) is 11.3 Å². The third kappa shape index (κ3) is 3.86. The van der Waals surface area contributed by atoms with Gasteiger partial charge in [-0.2, -0.15) is 5.10 Å². The van der Waals surface area contributed by atoms with Crippen LogP contribution in [0, 0.1) is 5.82 Å². The van der Waals surface area contributed by atoms with Gasteiger partial charge in [0.05, 0.1) is 5.69 Å². The molecular weight excluding hydrogens is 429 g/mol. The van der Waals surface area contributed by atoms with E-state index in [1.54, 1.807) is 36.4 Å². The molecule has 0 aliphatic carbocycles. The summed E-state index contributed by atoms with van der Waals surface area (Å²) in [5.41, 5.74) is 3.00. The number of aromatic nitrogens is 2. The molecule has 0 spiro atoms. The zero-order valence-electron chi connectivity index (χ0n) is 17.2. The molecule has 0 saturated carbocycles. The zero-order valence-corrected chi connectivity index (χ0v) is 17.2. The topological polar surface area (TPSA) is 124 Å². The van der Waals surface area contributed by atoms with Crippen molar-refractivity contribution in [1.29, 1.82) is 0 Å². The number of aromatic amines is 1. The highest BCUT2D eigenvalue weighted by atomic mass is 19.1. The third-order valence-electron chi connectivity index (χ3n) is 5.74. The number of nitrogens with zero attached hydrogens (tertiary/aromatic N) is 2. The lowest BCUT2D eigenvalue weighted by molar-refractivity contribution is -0.136. The van der Waals surface area contributed by atoms with Gasteiger partial charge >= 0.3 is 0 Å². The van der Waals surface area contributed by atoms with Crippen LogP contribution in [0.5, 0.6) is 0 Å². The van der Waals surface area contributed by atoms with E-state index in [1.807, 2.05) is 0 Å². The monoisotopic (exact) mass is 447 g/mol. The second-order valence-electron chi connectivity index (χ2n) is 7.90. The first kappa shape index (κ1) is 20.6. The lowest BCUT2D eigenvalue weighted by Crippen LogP contribution is -2.52. The Bertz CT molecular complexity index is 1300. The molecule has 4 amide bonds. The van der Waals surface area contributed by atoms with E-state index in [1.165, 1.54) is 17.0 Å². The van der Waals surface area contributed by atoms with Gasteiger partial charge in [0.15, 0.2) is 0 Å². The van der Waals surface area contributed by atoms with Crippen molar-refractivity contribution >= 4 is 29.3 Å². The summed E-state index contributed by atoms with van der Waals surface area (Å²) in [6.45, 7) is 0.211. The van der Waals surface area contributed by atoms with Gasteiger partial charge in [-0.1, -0.05) is 0 Å². The van der Waals surface area contributed by atoms with Crippen molar-refractivity contribution in [2.75, 3.05) is 5.32 Å². The molecule has 2 aliphatic rings. The maximum absolute atomic E-state index is 13.1. The molecule has 10 heteroatoms. The summed E-state index contributed by atoms with van der Waals surface area (Å²) in [5.74, 6) is -1.89. The van der Waals surface area contributed by atoms with E-state index in [0.717, 1.165) is 0 Å². The molecule has 3 heterocycles. The Labute approximate surface area is 187 Å². The molecule has 1 aromatic heterocycles. The first-order valence-corrected chi connectivity index (χ1v) is 10.3. The van der Waals surface area contributed by atoms with Gasteiger partial charge in [-0.05, 0) is 60.5 Å². The number of benzene rings is 2. The number of piperidine rings is 1. The number of amides is 4. The quantitative estimate of drug-likeness (QED) is 0.529. The Kier molecular flexibility index (Phi) is 4.97. The van der Waals surface area contributed by atoms with Gasteiger partial charge in [0, 0.05) is 29.8 Å². The maximum atomic E-state index is 13.1. The average molecular weight is 447 g/mol. The summed E-state index contributed by atoms with van der Waals surface area (Å²) in [4.78, 5) is 50.4. The van der Waals surface area contributed by atoms with Gasteiger partial charge in [-0.3, -0.25) is 29.6 Å². The largest absolute Gasteiger partial charge is 0.322 e. The molecule has 5 rings (SSSR count). The normalized spacial score (nSPS) is 17.7. The molecule has 1 atom stereocenters. The van der Waals surface area contributed by atoms with Gasteiger partial charge in [0.1, 0.15) is 17.6 Å². The molecule has 33 heavy (non-hydrogen) atoms. The highest BCUT2D eigenvalue weighted by molar-refractivity contribution is 6.06. The predicted molar refractivity (Wildman–Crippen MR) is 114 cm³/mol. The van der Waals surface area contributed by atoms with Gasteiger partial charge in [-0.15, -0.1) is 0 Å². The van der Waals surface area contributed by atoms with Crippen molar-refractivity contribution in [3.05, 3.63) is 71.2 Å². The first-order chi connectivity index (χ1) is 15.9. The van der Waals surface area contributed by atoms with Crippen LogP contribution in [0.2, 0.25) is 0 Å². The van der Waals surface area contributed by atoms with Gasteiger partial charge in [0.2, 0.25) is 11.8 Å². The van der Waals surface area contributed by atoms with Crippen LogP contribution in [0.15, 0.2) is 48.5 Å². The summed E-state index contributed by atoms with van der Waals surface area (Å²) >= 11 is 0. The molecule has 0 radical (unpaired) electrons. The Hall–Kier alpha value is -4.34. The van der Waals surface area contributed by atoms with E-state index >= 15 is 0 Å². The van der Waals surface area contributed by atoms with Crippen molar-refractivity contribution in [1.82, 2.24) is 20.4 Å². The SMILES string of the molecule is O=C1CCC(N2Cc3cc(NC(=O)c4cc(-c5ccc(F)cc5)n[nH]4)ccc3C2=O)C(=O)N1. The number of hydrogen-bond acceptors (Lipinski definition) is 5. The number of carbonyl (C=O) groups is 4. The summed E-state index contributed by atoms with van der Waals surface area (Å²) < 4.78 is 13.1. The molecule has 1 unspecified atom stereocenters. The molecule has 0 bridgehead atoms. The lowest BCUT2D eigenvalue weighted by Gasteiger charge is -2.29. The molecule has 1 fully saturated rings. The molecular formula is C23H18FN5O4. The molecule has 3 N–H and O–H groups in total. The number of nitrogens with one attached hydrogen (secondary N) is 3. The molecule has 9 nitrogen and oxygen atoms in total. The molecule has 1 saturated heterocycles. The third-order valence-corrected chi connectivity index (χ3v) is 5.74. The Morgan fingerprint density at radius 3 is 2.64 bits per heavy atom. The van der Waals surface area contributed by atoms with E-state index in [0.29, 0.717) is 28.1 Å². The standard InChI is InChI=1S/C23H18FN5O4/c24-14-3-1-12(2-4-14)17-10-18(28-27-17)21(31)25-15-5-6-16-13(9-15)11-29(23(16)33)19-7-8-20(30)26-22(19)32/h1-6,9-10,19H,7-8,11H2,(H,25,31)(H,27,28)(H,26,30,32). The number of carbonyl (C=O) groups excluding carboxylic acids is 4. The number of imide groups is 1. The van der Waals surface area contributed by atoms with E-state index in [2.05, 4.69) is 20.8 Å². The van der Waals surface area contributed by atoms with Crippen LogP contribution in [0.4, 0.5) is 10.1 Å². The van der Waals surface area contributed by atoms with Crippen molar-refractivity contribution in [2.24, 2.45) is 0 Å². The number of fused-ring (bicyclic) bond motifs is 1. The van der Waals surface area contributed by atoms with Crippen LogP contribution in [-0.4, -0.2) is 44.8 Å². The zero-order chi connectivity index (χ0) is 23.1. The Morgan fingerprint density at radius 1 is 1.09 bits per heavy atom. The van der Waals surface area contributed by atoms with Crippen LogP contribution in [-0.2, 0) is 16.1 Å². The van der Waals surface area contributed by atoms with Crippen molar-refractivity contribution in [3.63, 3.8) is 0 Å². The van der Waals surface area contributed by atoms with Gasteiger partial charge in [-0.25, -0.2) is 4.39 Å². The smallest absolute Gasteiger partial charge is 0.273 e. The first-order valence-electron chi connectivity index (χ1n) is 10.3. The number of hydrogen-bond donors (Lipinski definition) is 3. The molecule has 2 aliphatic heterocycles. The minimum absolute atomic E-state index is 0.182. The summed E-state index contributed by atoms with van der Waals surface area (Å²) in [5, 5.41) is 11.8. The van der Waals surface area contributed by atoms with Crippen LogP contribution in [0.1, 0.15) is 39.3 Å². The van der Waals surface area contributed by atoms with E-state index in [4.69, 9.17) is 0 Å². The average Bonchev–Trinajstić information content (AvgIpc) is 3.40. The second kappa shape index (κ2) is 7.97.